The fourth-order valence-corrected chi connectivity index (χ4v) is 1.30. The zero-order valence-corrected chi connectivity index (χ0v) is 10.1. The number of ether oxygens (including phenoxy) is 2. The summed E-state index contributed by atoms with van der Waals surface area (Å²) >= 11 is 0. The maximum Gasteiger partial charge on any atom is 0.326 e. The Labute approximate surface area is 91.5 Å². The van der Waals surface area contributed by atoms with Crippen molar-refractivity contribution in [2.24, 2.45) is 5.73 Å². The number of hydrogen-bond donors (Lipinski definition) is 1. The minimum atomic E-state index is -0.963. The maximum absolute atomic E-state index is 11.3. The summed E-state index contributed by atoms with van der Waals surface area (Å²) in [6.45, 7) is 6.15. The molecule has 0 saturated carbocycles. The summed E-state index contributed by atoms with van der Waals surface area (Å²) in [5.74, 6) is -0.397. The van der Waals surface area contributed by atoms with Crippen LogP contribution in [0, 0.1) is 0 Å². The van der Waals surface area contributed by atoms with Crippen molar-refractivity contribution in [1.82, 2.24) is 4.90 Å². The Hall–Kier alpha value is -0.650. The van der Waals surface area contributed by atoms with Crippen molar-refractivity contribution >= 4 is 5.97 Å². The van der Waals surface area contributed by atoms with Crippen molar-refractivity contribution in [3.63, 3.8) is 0 Å². The molecular formula is C10H22N2O3. The SMILES string of the molecule is CCOCCN(C)CC(C)(N)C(=O)OC. The number of methoxy groups -OCH3 is 1. The van der Waals surface area contributed by atoms with Crippen LogP contribution < -0.4 is 5.73 Å². The van der Waals surface area contributed by atoms with Crippen LogP contribution in [-0.4, -0.2) is 56.9 Å². The van der Waals surface area contributed by atoms with E-state index in [2.05, 4.69) is 4.74 Å². The van der Waals surface area contributed by atoms with Crippen LogP contribution in [0.1, 0.15) is 13.8 Å². The van der Waals surface area contributed by atoms with Gasteiger partial charge in [-0.15, -0.1) is 0 Å². The predicted molar refractivity (Wildman–Crippen MR) is 58.6 cm³/mol. The quantitative estimate of drug-likeness (QED) is 0.475. The van der Waals surface area contributed by atoms with Gasteiger partial charge < -0.3 is 20.1 Å². The number of carbonyl (C=O) groups excluding carboxylic acids is 1. The van der Waals surface area contributed by atoms with Crippen molar-refractivity contribution in [2.45, 2.75) is 19.4 Å². The van der Waals surface area contributed by atoms with Gasteiger partial charge in [-0.3, -0.25) is 4.79 Å². The van der Waals surface area contributed by atoms with Crippen molar-refractivity contribution in [3.05, 3.63) is 0 Å². The van der Waals surface area contributed by atoms with Gasteiger partial charge in [0, 0.05) is 19.7 Å². The van der Waals surface area contributed by atoms with E-state index in [4.69, 9.17) is 10.5 Å². The average Bonchev–Trinajstić information content (AvgIpc) is 2.16. The minimum absolute atomic E-state index is 0.397. The van der Waals surface area contributed by atoms with Gasteiger partial charge in [0.15, 0.2) is 0 Å². The number of rotatable bonds is 7. The molecule has 0 aliphatic rings. The van der Waals surface area contributed by atoms with Gasteiger partial charge in [-0.05, 0) is 20.9 Å². The molecule has 90 valence electrons. The third kappa shape index (κ3) is 5.71. The van der Waals surface area contributed by atoms with E-state index in [9.17, 15) is 4.79 Å². The third-order valence-corrected chi connectivity index (χ3v) is 2.07. The van der Waals surface area contributed by atoms with E-state index < -0.39 is 11.5 Å². The van der Waals surface area contributed by atoms with Crippen molar-refractivity contribution in [2.75, 3.05) is 40.5 Å². The van der Waals surface area contributed by atoms with E-state index in [1.54, 1.807) is 6.92 Å². The van der Waals surface area contributed by atoms with Crippen molar-refractivity contribution < 1.29 is 14.3 Å². The molecule has 0 saturated heterocycles. The van der Waals surface area contributed by atoms with Gasteiger partial charge in [0.2, 0.25) is 0 Å². The Morgan fingerprint density at radius 2 is 2.13 bits per heavy atom. The Balaban J connectivity index is 3.93. The molecule has 0 aromatic carbocycles. The summed E-state index contributed by atoms with van der Waals surface area (Å²) in [5.41, 5.74) is 4.86. The van der Waals surface area contributed by atoms with Crippen LogP contribution in [0.2, 0.25) is 0 Å². The Bertz CT molecular complexity index is 195. The van der Waals surface area contributed by atoms with Crippen LogP contribution in [0.5, 0.6) is 0 Å². The minimum Gasteiger partial charge on any atom is -0.468 e. The van der Waals surface area contributed by atoms with E-state index in [0.29, 0.717) is 19.8 Å². The third-order valence-electron chi connectivity index (χ3n) is 2.07. The monoisotopic (exact) mass is 218 g/mol. The number of esters is 1. The standard InChI is InChI=1S/C10H22N2O3/c1-5-15-7-6-12(3)8-10(2,11)9(13)14-4/h5-8,11H2,1-4H3. The zero-order valence-electron chi connectivity index (χ0n) is 10.1. The molecule has 0 bridgehead atoms. The molecule has 0 radical (unpaired) electrons. The molecule has 2 N–H and O–H groups in total. The Morgan fingerprint density at radius 1 is 1.53 bits per heavy atom. The fraction of sp³-hybridized carbons (Fsp3) is 0.900. The highest BCUT2D eigenvalue weighted by atomic mass is 16.5. The largest absolute Gasteiger partial charge is 0.468 e. The zero-order chi connectivity index (χ0) is 11.9. The lowest BCUT2D eigenvalue weighted by atomic mass is 10.0. The fourth-order valence-electron chi connectivity index (χ4n) is 1.30. The van der Waals surface area contributed by atoms with Crippen molar-refractivity contribution in [1.29, 1.82) is 0 Å². The van der Waals surface area contributed by atoms with E-state index in [0.717, 1.165) is 6.54 Å². The van der Waals surface area contributed by atoms with E-state index >= 15 is 0 Å². The van der Waals surface area contributed by atoms with E-state index in [1.807, 2.05) is 18.9 Å². The summed E-state index contributed by atoms with van der Waals surface area (Å²) in [7, 11) is 3.24. The summed E-state index contributed by atoms with van der Waals surface area (Å²) in [6, 6.07) is 0. The molecule has 0 spiro atoms. The van der Waals surface area contributed by atoms with Crippen molar-refractivity contribution in [3.8, 4) is 0 Å². The predicted octanol–water partition coefficient (Wildman–Crippen LogP) is -0.155. The van der Waals surface area contributed by atoms with Crippen LogP contribution in [0.15, 0.2) is 0 Å². The topological polar surface area (TPSA) is 64.8 Å². The number of nitrogens with two attached hydrogens (primary N) is 1. The smallest absolute Gasteiger partial charge is 0.326 e. The van der Waals surface area contributed by atoms with Gasteiger partial charge in [-0.1, -0.05) is 0 Å². The molecule has 0 rings (SSSR count). The van der Waals surface area contributed by atoms with Gasteiger partial charge >= 0.3 is 5.97 Å². The number of carbonyl (C=O) groups is 1. The Kier molecular flexibility index (Phi) is 6.47. The summed E-state index contributed by atoms with van der Waals surface area (Å²) < 4.78 is 9.83. The Morgan fingerprint density at radius 3 is 2.60 bits per heavy atom. The molecular weight excluding hydrogens is 196 g/mol. The number of likely N-dealkylation sites (N-methyl/N-ethyl adjacent to an activating group) is 1. The molecule has 5 heteroatoms. The van der Waals surface area contributed by atoms with Gasteiger partial charge in [-0.25, -0.2) is 0 Å². The second-order valence-corrected chi connectivity index (χ2v) is 3.84. The highest BCUT2D eigenvalue weighted by Gasteiger charge is 2.30. The summed E-state index contributed by atoms with van der Waals surface area (Å²) in [6.07, 6.45) is 0. The first-order valence-corrected chi connectivity index (χ1v) is 5.07. The lowest BCUT2D eigenvalue weighted by molar-refractivity contribution is -0.147. The number of hydrogen-bond acceptors (Lipinski definition) is 5. The molecule has 0 aromatic rings. The normalized spacial score (nSPS) is 15.1. The van der Waals surface area contributed by atoms with Crippen LogP contribution in [0.3, 0.4) is 0 Å². The van der Waals surface area contributed by atoms with Crippen LogP contribution in [0.25, 0.3) is 0 Å². The molecule has 5 nitrogen and oxygen atoms in total. The number of nitrogens with zero attached hydrogens (tertiary/aromatic N) is 1. The van der Waals surface area contributed by atoms with Crippen LogP contribution in [-0.2, 0) is 14.3 Å². The molecule has 0 fully saturated rings. The lowest BCUT2D eigenvalue weighted by Gasteiger charge is -2.27. The summed E-state index contributed by atoms with van der Waals surface area (Å²) in [5, 5.41) is 0. The van der Waals surface area contributed by atoms with Gasteiger partial charge in [-0.2, -0.15) is 0 Å². The van der Waals surface area contributed by atoms with Gasteiger partial charge in [0.25, 0.3) is 0 Å². The first-order valence-electron chi connectivity index (χ1n) is 5.07. The van der Waals surface area contributed by atoms with Gasteiger partial charge in [0.1, 0.15) is 5.54 Å². The van der Waals surface area contributed by atoms with E-state index in [-0.39, 0.29) is 0 Å². The molecule has 0 aromatic heterocycles. The first-order chi connectivity index (χ1) is 6.94. The first kappa shape index (κ1) is 14.3. The van der Waals surface area contributed by atoms with E-state index in [1.165, 1.54) is 7.11 Å². The highest BCUT2D eigenvalue weighted by Crippen LogP contribution is 2.03. The second-order valence-electron chi connectivity index (χ2n) is 3.84. The molecule has 0 aliphatic heterocycles. The maximum atomic E-state index is 11.3. The summed E-state index contributed by atoms with van der Waals surface area (Å²) in [4.78, 5) is 13.2. The van der Waals surface area contributed by atoms with Gasteiger partial charge in [0.05, 0.1) is 13.7 Å². The molecule has 0 aliphatic carbocycles. The molecule has 0 heterocycles. The van der Waals surface area contributed by atoms with Crippen LogP contribution >= 0.6 is 0 Å². The molecule has 15 heavy (non-hydrogen) atoms. The highest BCUT2D eigenvalue weighted by molar-refractivity contribution is 5.80. The lowest BCUT2D eigenvalue weighted by Crippen LogP contribution is -2.54. The molecule has 0 amide bonds. The average molecular weight is 218 g/mol. The van der Waals surface area contributed by atoms with Crippen LogP contribution in [0.4, 0.5) is 0 Å². The molecule has 1 unspecified atom stereocenters. The second kappa shape index (κ2) is 6.76. The molecule has 1 atom stereocenters.